The molecular formula is C15H24N4. The third-order valence-corrected chi connectivity index (χ3v) is 4.34. The van der Waals surface area contributed by atoms with Crippen molar-refractivity contribution in [2.24, 2.45) is 5.92 Å². The number of hydrogen-bond acceptors (Lipinski definition) is 4. The Bertz CT molecular complexity index is 443. The summed E-state index contributed by atoms with van der Waals surface area (Å²) in [4.78, 5) is 11.8. The first kappa shape index (κ1) is 12.9. The van der Waals surface area contributed by atoms with Gasteiger partial charge in [-0.3, -0.25) is 0 Å². The molecule has 0 amide bonds. The summed E-state index contributed by atoms with van der Waals surface area (Å²) in [5.74, 6) is 2.17. The van der Waals surface area contributed by atoms with Crippen LogP contribution in [0.5, 0.6) is 0 Å². The van der Waals surface area contributed by atoms with Gasteiger partial charge in [-0.2, -0.15) is 0 Å². The number of anilines is 1. The lowest BCUT2D eigenvalue weighted by atomic mass is 9.94. The lowest BCUT2D eigenvalue weighted by Crippen LogP contribution is -2.40. The largest absolute Gasteiger partial charge is 0.339 e. The van der Waals surface area contributed by atoms with Crippen LogP contribution in [0.1, 0.15) is 44.0 Å². The Hall–Kier alpha value is -1.16. The van der Waals surface area contributed by atoms with Gasteiger partial charge in [0.05, 0.1) is 0 Å². The third kappa shape index (κ3) is 2.59. The van der Waals surface area contributed by atoms with E-state index in [9.17, 15) is 0 Å². The van der Waals surface area contributed by atoms with Gasteiger partial charge in [-0.25, -0.2) is 9.97 Å². The highest BCUT2D eigenvalue weighted by atomic mass is 15.3. The maximum Gasteiger partial charge on any atom is 0.225 e. The van der Waals surface area contributed by atoms with Crippen molar-refractivity contribution in [1.29, 1.82) is 0 Å². The van der Waals surface area contributed by atoms with Crippen LogP contribution in [0.3, 0.4) is 0 Å². The first-order valence-corrected chi connectivity index (χ1v) is 7.47. The summed E-state index contributed by atoms with van der Waals surface area (Å²) in [6.45, 7) is 9.79. The molecule has 2 aliphatic heterocycles. The van der Waals surface area contributed by atoms with Gasteiger partial charge in [-0.05, 0) is 44.2 Å². The number of aryl methyl sites for hydroxylation is 1. The third-order valence-electron chi connectivity index (χ3n) is 4.34. The molecule has 4 heteroatoms. The first-order valence-electron chi connectivity index (χ1n) is 7.47. The van der Waals surface area contributed by atoms with Gasteiger partial charge in [-0.1, -0.05) is 13.8 Å². The molecular weight excluding hydrogens is 236 g/mol. The molecule has 0 aliphatic carbocycles. The van der Waals surface area contributed by atoms with Crippen molar-refractivity contribution >= 4 is 5.95 Å². The highest BCUT2D eigenvalue weighted by Gasteiger charge is 2.35. The lowest BCUT2D eigenvalue weighted by molar-refractivity contribution is 0.340. The zero-order chi connectivity index (χ0) is 13.4. The molecule has 2 atom stereocenters. The second kappa shape index (κ2) is 5.08. The van der Waals surface area contributed by atoms with E-state index in [1.165, 1.54) is 19.4 Å². The average Bonchev–Trinajstić information content (AvgIpc) is 2.81. The fourth-order valence-corrected chi connectivity index (χ4v) is 3.22. The standard InChI is InChI=1S/C15H24N4/c1-10(2)13-7-11(3)17-15(18-13)19-8-12-5-4-6-16-14(12)9-19/h7,10,12,14,16H,4-6,8-9H2,1-3H3. The second-order valence-electron chi connectivity index (χ2n) is 6.26. The number of piperidine rings is 1. The highest BCUT2D eigenvalue weighted by molar-refractivity contribution is 5.36. The summed E-state index contributed by atoms with van der Waals surface area (Å²) in [6.07, 6.45) is 2.65. The van der Waals surface area contributed by atoms with Crippen LogP contribution in [0, 0.1) is 12.8 Å². The predicted molar refractivity (Wildman–Crippen MR) is 77.6 cm³/mol. The van der Waals surface area contributed by atoms with Crippen molar-refractivity contribution in [2.45, 2.75) is 45.6 Å². The van der Waals surface area contributed by atoms with E-state index in [1.54, 1.807) is 0 Å². The van der Waals surface area contributed by atoms with E-state index in [0.717, 1.165) is 36.3 Å². The van der Waals surface area contributed by atoms with Crippen LogP contribution in [0.4, 0.5) is 5.95 Å². The fourth-order valence-electron chi connectivity index (χ4n) is 3.22. The molecule has 2 aliphatic rings. The fraction of sp³-hybridized carbons (Fsp3) is 0.733. The predicted octanol–water partition coefficient (Wildman–Crippen LogP) is 2.10. The first-order chi connectivity index (χ1) is 9.13. The Morgan fingerprint density at radius 1 is 1.32 bits per heavy atom. The number of fused-ring (bicyclic) bond motifs is 1. The quantitative estimate of drug-likeness (QED) is 0.884. The maximum absolute atomic E-state index is 4.76. The van der Waals surface area contributed by atoms with Gasteiger partial charge >= 0.3 is 0 Å². The van der Waals surface area contributed by atoms with Crippen molar-refractivity contribution in [3.63, 3.8) is 0 Å². The molecule has 0 aromatic carbocycles. The minimum Gasteiger partial charge on any atom is -0.339 e. The van der Waals surface area contributed by atoms with Crippen molar-refractivity contribution in [3.8, 4) is 0 Å². The molecule has 0 saturated carbocycles. The Kier molecular flexibility index (Phi) is 3.44. The molecule has 104 valence electrons. The van der Waals surface area contributed by atoms with Crippen LogP contribution < -0.4 is 10.2 Å². The van der Waals surface area contributed by atoms with E-state index in [0.29, 0.717) is 12.0 Å². The van der Waals surface area contributed by atoms with Gasteiger partial charge in [0.2, 0.25) is 5.95 Å². The minimum absolute atomic E-state index is 0.462. The van der Waals surface area contributed by atoms with Crippen molar-refractivity contribution < 1.29 is 0 Å². The molecule has 0 radical (unpaired) electrons. The summed E-state index contributed by atoms with van der Waals surface area (Å²) in [6, 6.07) is 2.75. The molecule has 2 unspecified atom stereocenters. The number of nitrogens with zero attached hydrogens (tertiary/aromatic N) is 3. The number of hydrogen-bond donors (Lipinski definition) is 1. The zero-order valence-electron chi connectivity index (χ0n) is 12.2. The smallest absolute Gasteiger partial charge is 0.225 e. The number of rotatable bonds is 2. The van der Waals surface area contributed by atoms with Crippen LogP contribution in [0.15, 0.2) is 6.07 Å². The van der Waals surface area contributed by atoms with Crippen molar-refractivity contribution in [3.05, 3.63) is 17.5 Å². The summed E-state index contributed by atoms with van der Waals surface area (Å²) in [7, 11) is 0. The second-order valence-corrected chi connectivity index (χ2v) is 6.26. The molecule has 2 saturated heterocycles. The summed E-state index contributed by atoms with van der Waals surface area (Å²) in [5, 5.41) is 3.64. The van der Waals surface area contributed by atoms with E-state index in [4.69, 9.17) is 4.98 Å². The Morgan fingerprint density at radius 3 is 2.89 bits per heavy atom. The molecule has 3 rings (SSSR count). The van der Waals surface area contributed by atoms with Crippen LogP contribution in [-0.2, 0) is 0 Å². The Balaban J connectivity index is 1.82. The van der Waals surface area contributed by atoms with Gasteiger partial charge in [0.25, 0.3) is 0 Å². The summed E-state index contributed by atoms with van der Waals surface area (Å²) < 4.78 is 0. The molecule has 1 aromatic rings. The van der Waals surface area contributed by atoms with E-state index in [2.05, 4.69) is 42.0 Å². The topological polar surface area (TPSA) is 41.1 Å². The zero-order valence-corrected chi connectivity index (χ0v) is 12.2. The summed E-state index contributed by atoms with van der Waals surface area (Å²) >= 11 is 0. The van der Waals surface area contributed by atoms with Crippen LogP contribution in [-0.4, -0.2) is 35.6 Å². The summed E-state index contributed by atoms with van der Waals surface area (Å²) in [5.41, 5.74) is 2.24. The minimum atomic E-state index is 0.462. The molecule has 3 heterocycles. The molecule has 1 N–H and O–H groups in total. The van der Waals surface area contributed by atoms with E-state index in [-0.39, 0.29) is 0 Å². The molecule has 0 bridgehead atoms. The van der Waals surface area contributed by atoms with Crippen molar-refractivity contribution in [1.82, 2.24) is 15.3 Å². The van der Waals surface area contributed by atoms with Crippen LogP contribution in [0.2, 0.25) is 0 Å². The lowest BCUT2D eigenvalue weighted by Gasteiger charge is -2.24. The average molecular weight is 260 g/mol. The van der Waals surface area contributed by atoms with Crippen molar-refractivity contribution in [2.75, 3.05) is 24.5 Å². The van der Waals surface area contributed by atoms with E-state index in [1.807, 2.05) is 0 Å². The van der Waals surface area contributed by atoms with E-state index >= 15 is 0 Å². The van der Waals surface area contributed by atoms with Gasteiger partial charge in [-0.15, -0.1) is 0 Å². The Labute approximate surface area is 115 Å². The normalized spacial score (nSPS) is 26.8. The molecule has 2 fully saturated rings. The Morgan fingerprint density at radius 2 is 2.16 bits per heavy atom. The van der Waals surface area contributed by atoms with Crippen LogP contribution in [0.25, 0.3) is 0 Å². The number of nitrogens with one attached hydrogen (secondary N) is 1. The van der Waals surface area contributed by atoms with Gasteiger partial charge in [0.1, 0.15) is 0 Å². The molecule has 4 nitrogen and oxygen atoms in total. The molecule has 1 aromatic heterocycles. The molecule has 19 heavy (non-hydrogen) atoms. The number of aromatic nitrogens is 2. The molecule has 0 spiro atoms. The van der Waals surface area contributed by atoms with Gasteiger partial charge < -0.3 is 10.2 Å². The SMILES string of the molecule is Cc1cc(C(C)C)nc(N2CC3CCCNC3C2)n1. The van der Waals surface area contributed by atoms with E-state index < -0.39 is 0 Å². The van der Waals surface area contributed by atoms with Gasteiger partial charge in [0, 0.05) is 30.5 Å². The highest BCUT2D eigenvalue weighted by Crippen LogP contribution is 2.28. The van der Waals surface area contributed by atoms with Gasteiger partial charge in [0.15, 0.2) is 0 Å². The maximum atomic E-state index is 4.76. The van der Waals surface area contributed by atoms with Crippen LogP contribution >= 0.6 is 0 Å². The monoisotopic (exact) mass is 260 g/mol.